The van der Waals surface area contributed by atoms with Gasteiger partial charge in [-0.1, -0.05) is 12.8 Å². The van der Waals surface area contributed by atoms with E-state index in [0.717, 1.165) is 31.4 Å². The van der Waals surface area contributed by atoms with Gasteiger partial charge < -0.3 is 5.32 Å². The second-order valence-electron chi connectivity index (χ2n) is 5.26. The Hall–Kier alpha value is 0.110. The van der Waals surface area contributed by atoms with Crippen LogP contribution in [0.4, 0.5) is 0 Å². The Morgan fingerprint density at radius 1 is 1.31 bits per heavy atom. The molecule has 0 aromatic carbocycles. The third-order valence-corrected chi connectivity index (χ3v) is 5.93. The molecule has 1 heterocycles. The highest BCUT2D eigenvalue weighted by Gasteiger charge is 2.42. The van der Waals surface area contributed by atoms with Gasteiger partial charge in [0, 0.05) is 5.88 Å². The van der Waals surface area contributed by atoms with Crippen LogP contribution in [0.3, 0.4) is 0 Å². The second kappa shape index (κ2) is 4.77. The molecule has 1 unspecified atom stereocenters. The van der Waals surface area contributed by atoms with E-state index in [1.807, 2.05) is 0 Å². The Morgan fingerprint density at radius 3 is 2.50 bits per heavy atom. The molecule has 1 saturated heterocycles. The maximum Gasteiger partial charge on any atom is 0.236 e. The Labute approximate surface area is 107 Å². The lowest BCUT2D eigenvalue weighted by Crippen LogP contribution is -2.53. The molecular formula is C12H20ClNOS. The zero-order valence-corrected chi connectivity index (χ0v) is 11.4. The molecule has 16 heavy (non-hydrogen) atoms. The normalized spacial score (nSPS) is 32.9. The van der Waals surface area contributed by atoms with E-state index in [-0.39, 0.29) is 16.2 Å². The molecule has 1 aliphatic heterocycles. The Kier molecular flexibility index (Phi) is 3.75. The van der Waals surface area contributed by atoms with Crippen LogP contribution >= 0.6 is 23.4 Å². The van der Waals surface area contributed by atoms with Crippen molar-refractivity contribution in [3.63, 3.8) is 0 Å². The maximum atomic E-state index is 12.3. The predicted octanol–water partition coefficient (Wildman–Crippen LogP) is 2.94. The van der Waals surface area contributed by atoms with Crippen LogP contribution in [0.1, 0.15) is 45.4 Å². The first kappa shape index (κ1) is 12.6. The number of halogens is 1. The summed E-state index contributed by atoms with van der Waals surface area (Å²) >= 11 is 7.83. The van der Waals surface area contributed by atoms with Gasteiger partial charge in [-0.2, -0.15) is 0 Å². The van der Waals surface area contributed by atoms with Crippen LogP contribution in [0.25, 0.3) is 0 Å². The molecule has 1 N–H and O–H groups in total. The minimum atomic E-state index is -0.207. The monoisotopic (exact) mass is 261 g/mol. The number of thioether (sulfide) groups is 1. The molecule has 2 rings (SSSR count). The summed E-state index contributed by atoms with van der Waals surface area (Å²) in [6, 6.07) is 0. The number of hydrogen-bond donors (Lipinski definition) is 1. The van der Waals surface area contributed by atoms with Gasteiger partial charge in [0.05, 0.1) is 10.3 Å². The molecule has 0 radical (unpaired) electrons. The number of nitrogens with one attached hydrogen (secondary N) is 1. The van der Waals surface area contributed by atoms with Crippen molar-refractivity contribution in [3.05, 3.63) is 0 Å². The van der Waals surface area contributed by atoms with Crippen molar-refractivity contribution < 1.29 is 4.79 Å². The summed E-state index contributed by atoms with van der Waals surface area (Å²) in [7, 11) is 0. The van der Waals surface area contributed by atoms with Crippen LogP contribution in [0.2, 0.25) is 0 Å². The molecule has 2 fully saturated rings. The zero-order chi connectivity index (χ0) is 11.6. The van der Waals surface area contributed by atoms with Crippen molar-refractivity contribution >= 4 is 29.3 Å². The van der Waals surface area contributed by atoms with Crippen LogP contribution in [-0.2, 0) is 4.79 Å². The third-order valence-electron chi connectivity index (χ3n) is 3.89. The molecule has 1 amide bonds. The highest BCUT2D eigenvalue weighted by Crippen LogP contribution is 2.39. The van der Waals surface area contributed by atoms with Gasteiger partial charge in [0.2, 0.25) is 5.91 Å². The van der Waals surface area contributed by atoms with Gasteiger partial charge in [-0.3, -0.25) is 4.79 Å². The predicted molar refractivity (Wildman–Crippen MR) is 70.2 cm³/mol. The molecule has 1 aliphatic carbocycles. The van der Waals surface area contributed by atoms with E-state index in [4.69, 9.17) is 11.6 Å². The van der Waals surface area contributed by atoms with Gasteiger partial charge >= 0.3 is 0 Å². The van der Waals surface area contributed by atoms with Gasteiger partial charge in [0.25, 0.3) is 0 Å². The van der Waals surface area contributed by atoms with Crippen LogP contribution < -0.4 is 5.32 Å². The fraction of sp³-hybridized carbons (Fsp3) is 0.917. The first-order valence-corrected chi connectivity index (χ1v) is 7.65. The van der Waals surface area contributed by atoms with Crippen molar-refractivity contribution in [3.8, 4) is 0 Å². The number of alkyl halides is 1. The van der Waals surface area contributed by atoms with E-state index in [0.29, 0.717) is 5.88 Å². The summed E-state index contributed by atoms with van der Waals surface area (Å²) in [6.07, 6.45) is 6.63. The lowest BCUT2D eigenvalue weighted by atomic mass is 9.97. The van der Waals surface area contributed by atoms with Gasteiger partial charge in [-0.15, -0.1) is 23.4 Å². The summed E-state index contributed by atoms with van der Waals surface area (Å²) < 4.78 is -0.207. The SMILES string of the molecule is CC1(C(=O)NC2(CCl)CCCC2)CCCS1. The Bertz CT molecular complexity index is 270. The number of carbonyl (C=O) groups is 1. The molecule has 92 valence electrons. The molecule has 2 nitrogen and oxygen atoms in total. The van der Waals surface area contributed by atoms with E-state index in [1.54, 1.807) is 11.8 Å². The van der Waals surface area contributed by atoms with E-state index in [9.17, 15) is 4.79 Å². The van der Waals surface area contributed by atoms with Crippen LogP contribution in [-0.4, -0.2) is 27.8 Å². The van der Waals surface area contributed by atoms with Crippen molar-refractivity contribution in [2.45, 2.75) is 55.7 Å². The standard InChI is InChI=1S/C12H20ClNOS/c1-11(5-4-8-16-11)10(15)14-12(9-13)6-2-3-7-12/h2-9H2,1H3,(H,14,15). The number of rotatable bonds is 3. The highest BCUT2D eigenvalue weighted by molar-refractivity contribution is 8.01. The molecule has 0 spiro atoms. The topological polar surface area (TPSA) is 29.1 Å². The average Bonchev–Trinajstić information content (AvgIpc) is 2.89. The lowest BCUT2D eigenvalue weighted by Gasteiger charge is -2.32. The minimum absolute atomic E-state index is 0.106. The average molecular weight is 262 g/mol. The fourth-order valence-electron chi connectivity index (χ4n) is 2.68. The first-order chi connectivity index (χ1) is 7.60. The molecule has 0 bridgehead atoms. The zero-order valence-electron chi connectivity index (χ0n) is 9.85. The molecule has 1 atom stereocenters. The van der Waals surface area contributed by atoms with Gasteiger partial charge in [-0.05, 0) is 38.4 Å². The Balaban J connectivity index is 2.00. The molecule has 1 saturated carbocycles. The second-order valence-corrected chi connectivity index (χ2v) is 7.12. The van der Waals surface area contributed by atoms with Crippen molar-refractivity contribution in [2.75, 3.05) is 11.6 Å². The summed E-state index contributed by atoms with van der Waals surface area (Å²) in [4.78, 5) is 12.3. The molecule has 0 aromatic heterocycles. The minimum Gasteiger partial charge on any atom is -0.348 e. The molecule has 4 heteroatoms. The summed E-state index contributed by atoms with van der Waals surface area (Å²) in [5.74, 6) is 1.87. The van der Waals surface area contributed by atoms with E-state index in [2.05, 4.69) is 12.2 Å². The van der Waals surface area contributed by atoms with E-state index in [1.165, 1.54) is 12.8 Å². The highest BCUT2D eigenvalue weighted by atomic mass is 35.5. The number of hydrogen-bond acceptors (Lipinski definition) is 2. The third kappa shape index (κ3) is 2.35. The van der Waals surface area contributed by atoms with Crippen molar-refractivity contribution in [2.24, 2.45) is 0 Å². The Morgan fingerprint density at radius 2 is 2.00 bits per heavy atom. The first-order valence-electron chi connectivity index (χ1n) is 6.13. The summed E-state index contributed by atoms with van der Waals surface area (Å²) in [5.41, 5.74) is -0.106. The van der Waals surface area contributed by atoms with Gasteiger partial charge in [0.1, 0.15) is 0 Å². The van der Waals surface area contributed by atoms with Crippen LogP contribution in [0.5, 0.6) is 0 Å². The number of carbonyl (C=O) groups excluding carboxylic acids is 1. The van der Waals surface area contributed by atoms with Crippen molar-refractivity contribution in [1.82, 2.24) is 5.32 Å². The van der Waals surface area contributed by atoms with Crippen molar-refractivity contribution in [1.29, 1.82) is 0 Å². The quantitative estimate of drug-likeness (QED) is 0.792. The molecule has 0 aromatic rings. The lowest BCUT2D eigenvalue weighted by molar-refractivity contribution is -0.124. The maximum absolute atomic E-state index is 12.3. The molecular weight excluding hydrogens is 242 g/mol. The van der Waals surface area contributed by atoms with Crippen LogP contribution in [0, 0.1) is 0 Å². The fourth-order valence-corrected chi connectivity index (χ4v) is 4.22. The summed E-state index contributed by atoms with van der Waals surface area (Å²) in [5, 5.41) is 3.23. The van der Waals surface area contributed by atoms with E-state index < -0.39 is 0 Å². The van der Waals surface area contributed by atoms with Gasteiger partial charge in [-0.25, -0.2) is 0 Å². The smallest absolute Gasteiger partial charge is 0.236 e. The molecule has 2 aliphatic rings. The van der Waals surface area contributed by atoms with E-state index >= 15 is 0 Å². The summed E-state index contributed by atoms with van der Waals surface area (Å²) in [6.45, 7) is 2.07. The number of amides is 1. The largest absolute Gasteiger partial charge is 0.348 e. The van der Waals surface area contributed by atoms with Gasteiger partial charge in [0.15, 0.2) is 0 Å². The van der Waals surface area contributed by atoms with Crippen LogP contribution in [0.15, 0.2) is 0 Å².